The Kier molecular flexibility index (Phi) is 7.58. The predicted molar refractivity (Wildman–Crippen MR) is 94.3 cm³/mol. The van der Waals surface area contributed by atoms with Gasteiger partial charge in [-0.15, -0.1) is 0 Å². The number of benzene rings is 1. The van der Waals surface area contributed by atoms with Crippen LogP contribution in [0.2, 0.25) is 0 Å². The normalized spacial score (nSPS) is 12.7. The number of carboxylic acids is 1. The van der Waals surface area contributed by atoms with Gasteiger partial charge in [0.05, 0.1) is 5.92 Å². The largest absolute Gasteiger partial charge is 0.481 e. The molecule has 1 rings (SSSR count). The Bertz CT molecular complexity index is 643. The summed E-state index contributed by atoms with van der Waals surface area (Å²) in [4.78, 5) is 34.8. The van der Waals surface area contributed by atoms with Gasteiger partial charge in [0, 0.05) is 30.1 Å². The highest BCUT2D eigenvalue weighted by molar-refractivity contribution is 5.96. The number of anilines is 1. The van der Waals surface area contributed by atoms with Crippen molar-refractivity contribution in [1.82, 2.24) is 5.32 Å². The van der Waals surface area contributed by atoms with Gasteiger partial charge in [-0.3, -0.25) is 19.8 Å². The molecule has 0 bridgehead atoms. The molecule has 0 aliphatic rings. The molecule has 8 heteroatoms. The molecule has 6 N–H and O–H groups in total. The molecule has 136 valence electrons. The number of carbonyl (C=O) groups is 3. The lowest BCUT2D eigenvalue weighted by atomic mass is 9.98. The van der Waals surface area contributed by atoms with E-state index in [1.807, 2.05) is 0 Å². The van der Waals surface area contributed by atoms with Crippen LogP contribution in [0.25, 0.3) is 0 Å². The Morgan fingerprint density at radius 3 is 2.20 bits per heavy atom. The van der Waals surface area contributed by atoms with Crippen LogP contribution in [0.3, 0.4) is 0 Å². The summed E-state index contributed by atoms with van der Waals surface area (Å²) in [5.41, 5.74) is 6.44. The standard InChI is InChI=1S/C17H24N4O4/c1-3-13(17(24)25)10(2)20-14(22)8-9-15(23)21-12-6-4-11(5-7-12)16(18)19/h4-7,10,13H,3,8-9H2,1-2H3,(H3,18,19)(H,20,22)(H,21,23)(H,24,25). The van der Waals surface area contributed by atoms with Crippen LogP contribution >= 0.6 is 0 Å². The number of amides is 2. The number of aliphatic carboxylic acids is 1. The first-order valence-corrected chi connectivity index (χ1v) is 8.01. The van der Waals surface area contributed by atoms with Gasteiger partial charge >= 0.3 is 5.97 Å². The molecule has 2 unspecified atom stereocenters. The lowest BCUT2D eigenvalue weighted by Gasteiger charge is -2.20. The third-order valence-corrected chi connectivity index (χ3v) is 3.81. The van der Waals surface area contributed by atoms with Crippen molar-refractivity contribution in [3.05, 3.63) is 29.8 Å². The smallest absolute Gasteiger partial charge is 0.308 e. The number of nitrogens with two attached hydrogens (primary N) is 1. The summed E-state index contributed by atoms with van der Waals surface area (Å²) < 4.78 is 0. The van der Waals surface area contributed by atoms with Crippen LogP contribution in [0.5, 0.6) is 0 Å². The van der Waals surface area contributed by atoms with Crippen LogP contribution in [0.15, 0.2) is 24.3 Å². The summed E-state index contributed by atoms with van der Waals surface area (Å²) in [5.74, 6) is -2.37. The zero-order valence-electron chi connectivity index (χ0n) is 14.3. The third kappa shape index (κ3) is 6.62. The van der Waals surface area contributed by atoms with Crippen molar-refractivity contribution in [2.75, 3.05) is 5.32 Å². The summed E-state index contributed by atoms with van der Waals surface area (Å²) >= 11 is 0. The molecule has 0 aliphatic carbocycles. The minimum absolute atomic E-state index is 0.0170. The van der Waals surface area contributed by atoms with E-state index >= 15 is 0 Å². The van der Waals surface area contributed by atoms with Crippen molar-refractivity contribution in [3.8, 4) is 0 Å². The number of rotatable bonds is 9. The van der Waals surface area contributed by atoms with Crippen molar-refractivity contribution >= 4 is 29.3 Å². The minimum atomic E-state index is -0.956. The highest BCUT2D eigenvalue weighted by atomic mass is 16.4. The molecule has 25 heavy (non-hydrogen) atoms. The molecular formula is C17H24N4O4. The van der Waals surface area contributed by atoms with Crippen molar-refractivity contribution in [3.63, 3.8) is 0 Å². The topological polar surface area (TPSA) is 145 Å². The van der Waals surface area contributed by atoms with Gasteiger partial charge in [0.15, 0.2) is 0 Å². The molecule has 0 aliphatic heterocycles. The first-order valence-electron chi connectivity index (χ1n) is 8.01. The van der Waals surface area contributed by atoms with E-state index < -0.39 is 17.9 Å². The number of carboxylic acid groups (broad SMARTS) is 1. The van der Waals surface area contributed by atoms with Gasteiger partial charge < -0.3 is 21.5 Å². The molecular weight excluding hydrogens is 324 g/mol. The fourth-order valence-electron chi connectivity index (χ4n) is 2.35. The monoisotopic (exact) mass is 348 g/mol. The lowest BCUT2D eigenvalue weighted by Crippen LogP contribution is -2.41. The Morgan fingerprint density at radius 2 is 1.72 bits per heavy atom. The number of carbonyl (C=O) groups excluding carboxylic acids is 2. The van der Waals surface area contributed by atoms with Gasteiger partial charge in [-0.25, -0.2) is 0 Å². The van der Waals surface area contributed by atoms with E-state index in [1.54, 1.807) is 38.1 Å². The predicted octanol–water partition coefficient (Wildman–Crippen LogP) is 1.30. The molecule has 0 radical (unpaired) electrons. The molecule has 2 atom stereocenters. The summed E-state index contributed by atoms with van der Waals surface area (Å²) in [6, 6.07) is 5.97. The number of nitrogen functional groups attached to an aromatic ring is 1. The summed E-state index contributed by atoms with van der Waals surface area (Å²) in [6.07, 6.45) is 0.363. The highest BCUT2D eigenvalue weighted by Crippen LogP contribution is 2.11. The first kappa shape index (κ1) is 20.1. The third-order valence-electron chi connectivity index (χ3n) is 3.81. The molecule has 0 spiro atoms. The van der Waals surface area contributed by atoms with Gasteiger partial charge in [-0.2, -0.15) is 0 Å². The Labute approximate surface area is 146 Å². The SMILES string of the molecule is CCC(C(=O)O)C(C)NC(=O)CCC(=O)Nc1ccc(C(=N)N)cc1. The zero-order valence-corrected chi connectivity index (χ0v) is 14.3. The van der Waals surface area contributed by atoms with Crippen molar-refractivity contribution in [2.24, 2.45) is 11.7 Å². The molecule has 0 aromatic heterocycles. The van der Waals surface area contributed by atoms with E-state index in [9.17, 15) is 14.4 Å². The number of amidine groups is 1. The fraction of sp³-hybridized carbons (Fsp3) is 0.412. The molecule has 1 aromatic rings. The maximum atomic E-state index is 11.9. The first-order chi connectivity index (χ1) is 11.7. The van der Waals surface area contributed by atoms with E-state index in [4.69, 9.17) is 16.2 Å². The Morgan fingerprint density at radius 1 is 1.16 bits per heavy atom. The average Bonchev–Trinajstić information content (AvgIpc) is 2.53. The minimum Gasteiger partial charge on any atom is -0.481 e. The molecule has 8 nitrogen and oxygen atoms in total. The molecule has 0 saturated carbocycles. The van der Waals surface area contributed by atoms with Gasteiger partial charge in [-0.05, 0) is 37.6 Å². The molecule has 0 fully saturated rings. The van der Waals surface area contributed by atoms with Gasteiger partial charge in [0.2, 0.25) is 11.8 Å². The van der Waals surface area contributed by atoms with Crippen LogP contribution in [0.1, 0.15) is 38.7 Å². The summed E-state index contributed by atoms with van der Waals surface area (Å²) in [6.45, 7) is 3.38. The van der Waals surface area contributed by atoms with Crippen molar-refractivity contribution in [1.29, 1.82) is 5.41 Å². The van der Waals surface area contributed by atoms with Crippen LogP contribution in [0, 0.1) is 11.3 Å². The van der Waals surface area contributed by atoms with E-state index in [-0.39, 0.29) is 30.5 Å². The number of hydrogen-bond donors (Lipinski definition) is 5. The average molecular weight is 348 g/mol. The van der Waals surface area contributed by atoms with Crippen molar-refractivity contribution < 1.29 is 19.5 Å². The molecule has 0 heterocycles. The van der Waals surface area contributed by atoms with Crippen LogP contribution in [-0.4, -0.2) is 34.8 Å². The number of nitrogens with one attached hydrogen (secondary N) is 3. The van der Waals surface area contributed by atoms with Gasteiger partial charge in [-0.1, -0.05) is 6.92 Å². The van der Waals surface area contributed by atoms with Crippen LogP contribution < -0.4 is 16.4 Å². The van der Waals surface area contributed by atoms with Gasteiger partial charge in [0.25, 0.3) is 0 Å². The second kappa shape index (κ2) is 9.41. The van der Waals surface area contributed by atoms with Crippen molar-refractivity contribution in [2.45, 2.75) is 39.2 Å². The van der Waals surface area contributed by atoms with E-state index in [2.05, 4.69) is 10.6 Å². The van der Waals surface area contributed by atoms with Crippen LogP contribution in [0.4, 0.5) is 5.69 Å². The van der Waals surface area contributed by atoms with E-state index in [0.29, 0.717) is 17.7 Å². The highest BCUT2D eigenvalue weighted by Gasteiger charge is 2.24. The maximum absolute atomic E-state index is 11.9. The van der Waals surface area contributed by atoms with Crippen LogP contribution in [-0.2, 0) is 14.4 Å². The molecule has 0 saturated heterocycles. The zero-order chi connectivity index (χ0) is 19.0. The fourth-order valence-corrected chi connectivity index (χ4v) is 2.35. The maximum Gasteiger partial charge on any atom is 0.308 e. The Hall–Kier alpha value is -2.90. The van der Waals surface area contributed by atoms with E-state index in [1.165, 1.54) is 0 Å². The number of hydrogen-bond acceptors (Lipinski definition) is 4. The second-order valence-corrected chi connectivity index (χ2v) is 5.75. The van der Waals surface area contributed by atoms with E-state index in [0.717, 1.165) is 0 Å². The summed E-state index contributed by atoms with van der Waals surface area (Å²) in [5, 5.41) is 21.6. The lowest BCUT2D eigenvalue weighted by molar-refractivity contribution is -0.143. The quantitative estimate of drug-likeness (QED) is 0.337. The summed E-state index contributed by atoms with van der Waals surface area (Å²) in [7, 11) is 0. The molecule has 1 aromatic carbocycles. The Balaban J connectivity index is 2.44. The van der Waals surface area contributed by atoms with Gasteiger partial charge in [0.1, 0.15) is 5.84 Å². The second-order valence-electron chi connectivity index (χ2n) is 5.75. The molecule has 2 amide bonds.